The highest BCUT2D eigenvalue weighted by atomic mass is 19.1. The Bertz CT molecular complexity index is 700. The summed E-state index contributed by atoms with van der Waals surface area (Å²) in [5, 5.41) is 2.82. The number of carbonyl (C=O) groups is 1. The minimum atomic E-state index is -0.274. The monoisotopic (exact) mass is 343 g/mol. The molecule has 1 aromatic carbocycles. The summed E-state index contributed by atoms with van der Waals surface area (Å²) in [6.45, 7) is 1.12. The summed E-state index contributed by atoms with van der Waals surface area (Å²) in [5.74, 6) is 0.307. The molecule has 0 radical (unpaired) electrons. The zero-order valence-electron chi connectivity index (χ0n) is 14.1. The lowest BCUT2D eigenvalue weighted by Gasteiger charge is -2.21. The molecule has 1 aromatic heterocycles. The maximum absolute atomic E-state index is 13.5. The molecule has 132 valence electrons. The van der Waals surface area contributed by atoms with Crippen LogP contribution in [0.4, 0.5) is 4.39 Å². The van der Waals surface area contributed by atoms with Crippen molar-refractivity contribution in [3.8, 4) is 0 Å². The largest absolute Gasteiger partial charge is 0.370 e. The van der Waals surface area contributed by atoms with Crippen molar-refractivity contribution in [3.05, 3.63) is 59.4 Å². The van der Waals surface area contributed by atoms with E-state index in [9.17, 15) is 9.18 Å². The van der Waals surface area contributed by atoms with Gasteiger partial charge in [0.05, 0.1) is 0 Å². The van der Waals surface area contributed by atoms with Crippen LogP contribution in [0.3, 0.4) is 0 Å². The third-order valence-electron chi connectivity index (χ3n) is 4.26. The fourth-order valence-corrected chi connectivity index (χ4v) is 2.81. The van der Waals surface area contributed by atoms with Crippen molar-refractivity contribution in [2.45, 2.75) is 44.8 Å². The second kappa shape index (κ2) is 8.67. The smallest absolute Gasteiger partial charge is 0.220 e. The lowest BCUT2D eigenvalue weighted by molar-refractivity contribution is -0.121. The Morgan fingerprint density at radius 2 is 2.04 bits per heavy atom. The topological polar surface area (TPSA) is 64.1 Å². The number of aromatic nitrogens is 2. The molecule has 1 atom stereocenters. The molecule has 0 saturated carbocycles. The molecular formula is C19H22FN3O2. The number of ether oxygens (including phenoxy) is 1. The Hall–Kier alpha value is -2.34. The van der Waals surface area contributed by atoms with Gasteiger partial charge >= 0.3 is 0 Å². The third-order valence-corrected chi connectivity index (χ3v) is 4.26. The third kappa shape index (κ3) is 5.06. The molecule has 1 unspecified atom stereocenters. The number of halogens is 1. The van der Waals surface area contributed by atoms with Gasteiger partial charge in [-0.3, -0.25) is 4.79 Å². The van der Waals surface area contributed by atoms with E-state index in [0.29, 0.717) is 24.4 Å². The molecule has 5 nitrogen and oxygen atoms in total. The molecule has 1 aliphatic rings. The van der Waals surface area contributed by atoms with Crippen molar-refractivity contribution in [2.75, 3.05) is 6.61 Å². The van der Waals surface area contributed by atoms with E-state index in [0.717, 1.165) is 31.4 Å². The van der Waals surface area contributed by atoms with Crippen molar-refractivity contribution >= 4 is 5.91 Å². The average molecular weight is 343 g/mol. The molecule has 1 fully saturated rings. The molecule has 0 aliphatic carbocycles. The van der Waals surface area contributed by atoms with Crippen LogP contribution in [-0.2, 0) is 22.5 Å². The quantitative estimate of drug-likeness (QED) is 0.875. The standard InChI is InChI=1S/C19H22FN3O2/c20-16-6-2-1-5-15(16)8-9-18(24)21-11-14-12-22-19(23-13-14)17-7-3-4-10-25-17/h1-2,5-6,12-13,17H,3-4,7-11H2,(H,21,24). The molecule has 3 rings (SSSR count). The van der Waals surface area contributed by atoms with Crippen LogP contribution < -0.4 is 5.32 Å². The van der Waals surface area contributed by atoms with Crippen LogP contribution in [0, 0.1) is 5.82 Å². The molecule has 1 amide bonds. The number of benzene rings is 1. The second-order valence-electron chi connectivity index (χ2n) is 6.17. The van der Waals surface area contributed by atoms with Crippen LogP contribution in [0.15, 0.2) is 36.7 Å². The number of amides is 1. The van der Waals surface area contributed by atoms with E-state index in [1.165, 1.54) is 6.07 Å². The van der Waals surface area contributed by atoms with E-state index >= 15 is 0 Å². The normalized spacial score (nSPS) is 17.2. The molecule has 2 heterocycles. The number of nitrogens with one attached hydrogen (secondary N) is 1. The van der Waals surface area contributed by atoms with E-state index in [1.54, 1.807) is 30.6 Å². The van der Waals surface area contributed by atoms with Crippen molar-refractivity contribution in [1.82, 2.24) is 15.3 Å². The molecule has 25 heavy (non-hydrogen) atoms. The van der Waals surface area contributed by atoms with Crippen LogP contribution in [-0.4, -0.2) is 22.5 Å². The zero-order valence-corrected chi connectivity index (χ0v) is 14.1. The van der Waals surface area contributed by atoms with Gasteiger partial charge in [-0.25, -0.2) is 14.4 Å². The first-order valence-electron chi connectivity index (χ1n) is 8.65. The van der Waals surface area contributed by atoms with Gasteiger partial charge in [-0.15, -0.1) is 0 Å². The summed E-state index contributed by atoms with van der Waals surface area (Å²) >= 11 is 0. The number of hydrogen-bond acceptors (Lipinski definition) is 4. The number of nitrogens with zero attached hydrogens (tertiary/aromatic N) is 2. The van der Waals surface area contributed by atoms with E-state index in [-0.39, 0.29) is 24.2 Å². The van der Waals surface area contributed by atoms with E-state index in [1.807, 2.05) is 0 Å². The van der Waals surface area contributed by atoms with Gasteiger partial charge in [0, 0.05) is 37.5 Å². The van der Waals surface area contributed by atoms with Crippen LogP contribution in [0.1, 0.15) is 48.7 Å². The average Bonchev–Trinajstić information content (AvgIpc) is 2.67. The fraction of sp³-hybridized carbons (Fsp3) is 0.421. The molecule has 1 N–H and O–H groups in total. The highest BCUT2D eigenvalue weighted by Crippen LogP contribution is 2.24. The lowest BCUT2D eigenvalue weighted by Crippen LogP contribution is -2.23. The molecule has 0 spiro atoms. The maximum Gasteiger partial charge on any atom is 0.220 e. The maximum atomic E-state index is 13.5. The van der Waals surface area contributed by atoms with Gasteiger partial charge in [0.15, 0.2) is 5.82 Å². The zero-order chi connectivity index (χ0) is 17.5. The first kappa shape index (κ1) is 17.5. The summed E-state index contributed by atoms with van der Waals surface area (Å²) in [6.07, 6.45) is 7.23. The van der Waals surface area contributed by atoms with E-state index in [4.69, 9.17) is 4.74 Å². The Kier molecular flexibility index (Phi) is 6.06. The summed E-state index contributed by atoms with van der Waals surface area (Å²) < 4.78 is 19.2. The predicted molar refractivity (Wildman–Crippen MR) is 91.1 cm³/mol. The fourth-order valence-electron chi connectivity index (χ4n) is 2.81. The second-order valence-corrected chi connectivity index (χ2v) is 6.17. The summed E-state index contributed by atoms with van der Waals surface area (Å²) in [5.41, 5.74) is 1.39. The summed E-state index contributed by atoms with van der Waals surface area (Å²) in [4.78, 5) is 20.6. The molecule has 0 bridgehead atoms. The van der Waals surface area contributed by atoms with E-state index < -0.39 is 0 Å². The van der Waals surface area contributed by atoms with Crippen molar-refractivity contribution in [3.63, 3.8) is 0 Å². The first-order valence-corrected chi connectivity index (χ1v) is 8.65. The van der Waals surface area contributed by atoms with Crippen LogP contribution >= 0.6 is 0 Å². The Morgan fingerprint density at radius 3 is 2.76 bits per heavy atom. The number of hydrogen-bond donors (Lipinski definition) is 1. The number of rotatable bonds is 6. The Morgan fingerprint density at radius 1 is 1.24 bits per heavy atom. The Balaban J connectivity index is 1.44. The molecule has 1 aliphatic heterocycles. The van der Waals surface area contributed by atoms with Gasteiger partial charge in [0.2, 0.25) is 5.91 Å². The Labute approximate surface area is 146 Å². The molecule has 6 heteroatoms. The minimum absolute atomic E-state index is 0.0156. The summed E-state index contributed by atoms with van der Waals surface area (Å²) in [7, 11) is 0. The predicted octanol–water partition coefficient (Wildman–Crippen LogP) is 3.11. The van der Waals surface area contributed by atoms with Crippen LogP contribution in [0.25, 0.3) is 0 Å². The van der Waals surface area contributed by atoms with Crippen LogP contribution in [0.2, 0.25) is 0 Å². The van der Waals surface area contributed by atoms with Gasteiger partial charge < -0.3 is 10.1 Å². The highest BCUT2D eigenvalue weighted by molar-refractivity contribution is 5.76. The molecular weight excluding hydrogens is 321 g/mol. The van der Waals surface area contributed by atoms with E-state index in [2.05, 4.69) is 15.3 Å². The molecule has 2 aromatic rings. The van der Waals surface area contributed by atoms with Crippen molar-refractivity contribution < 1.29 is 13.9 Å². The van der Waals surface area contributed by atoms with Crippen LogP contribution in [0.5, 0.6) is 0 Å². The van der Waals surface area contributed by atoms with Crippen molar-refractivity contribution in [2.24, 2.45) is 0 Å². The van der Waals surface area contributed by atoms with Gasteiger partial charge in [-0.1, -0.05) is 18.2 Å². The molecule has 1 saturated heterocycles. The van der Waals surface area contributed by atoms with Gasteiger partial charge in [-0.2, -0.15) is 0 Å². The SMILES string of the molecule is O=C(CCc1ccccc1F)NCc1cnc(C2CCCCO2)nc1. The first-order chi connectivity index (χ1) is 12.2. The van der Waals surface area contributed by atoms with Crippen molar-refractivity contribution in [1.29, 1.82) is 0 Å². The summed E-state index contributed by atoms with van der Waals surface area (Å²) in [6, 6.07) is 6.51. The van der Waals surface area contributed by atoms with Gasteiger partial charge in [0.1, 0.15) is 11.9 Å². The lowest BCUT2D eigenvalue weighted by atomic mass is 10.1. The minimum Gasteiger partial charge on any atom is -0.370 e. The van der Waals surface area contributed by atoms with Gasteiger partial charge in [0.25, 0.3) is 0 Å². The number of aryl methyl sites for hydroxylation is 1. The van der Waals surface area contributed by atoms with Gasteiger partial charge in [-0.05, 0) is 37.3 Å². The number of carbonyl (C=O) groups excluding carboxylic acids is 1. The highest BCUT2D eigenvalue weighted by Gasteiger charge is 2.18.